The van der Waals surface area contributed by atoms with E-state index in [-0.39, 0.29) is 0 Å². The van der Waals surface area contributed by atoms with Crippen LogP contribution < -0.4 is 10.6 Å². The lowest BCUT2D eigenvalue weighted by Crippen LogP contribution is -2.44. The van der Waals surface area contributed by atoms with E-state index in [2.05, 4.69) is 31.8 Å². The standard InChI is InChI=1S/C15H21N5/c1-2-5-14-13(4-1)15(12-18-19-14)17-6-3-9-20-10-7-16-8-11-20/h1-2,4-5,12,16H,3,6-11H2,(H,17,19). The predicted octanol–water partition coefficient (Wildman–Crippen LogP) is 1.34. The largest absolute Gasteiger partial charge is 0.383 e. The predicted molar refractivity (Wildman–Crippen MR) is 82.0 cm³/mol. The van der Waals surface area contributed by atoms with Crippen LogP contribution in [0.5, 0.6) is 0 Å². The topological polar surface area (TPSA) is 53.1 Å². The first kappa shape index (κ1) is 13.3. The average molecular weight is 271 g/mol. The van der Waals surface area contributed by atoms with E-state index in [9.17, 15) is 0 Å². The Balaban J connectivity index is 1.52. The maximum atomic E-state index is 4.14. The van der Waals surface area contributed by atoms with Crippen molar-refractivity contribution in [1.82, 2.24) is 20.4 Å². The van der Waals surface area contributed by atoms with E-state index in [0.717, 1.165) is 49.2 Å². The second-order valence-electron chi connectivity index (χ2n) is 5.15. The van der Waals surface area contributed by atoms with Crippen molar-refractivity contribution >= 4 is 16.6 Å². The van der Waals surface area contributed by atoms with Gasteiger partial charge in [-0.25, -0.2) is 0 Å². The first-order valence-electron chi connectivity index (χ1n) is 7.31. The Bertz CT molecular complexity index is 545. The van der Waals surface area contributed by atoms with Crippen molar-refractivity contribution in [2.24, 2.45) is 0 Å². The first-order valence-corrected chi connectivity index (χ1v) is 7.31. The molecule has 3 rings (SSSR count). The van der Waals surface area contributed by atoms with Gasteiger partial charge >= 0.3 is 0 Å². The van der Waals surface area contributed by atoms with Gasteiger partial charge in [-0.3, -0.25) is 0 Å². The number of fused-ring (bicyclic) bond motifs is 1. The molecule has 2 heterocycles. The number of hydrogen-bond acceptors (Lipinski definition) is 5. The third kappa shape index (κ3) is 3.23. The summed E-state index contributed by atoms with van der Waals surface area (Å²) in [5.74, 6) is 0. The van der Waals surface area contributed by atoms with Crippen molar-refractivity contribution in [2.45, 2.75) is 6.42 Å². The summed E-state index contributed by atoms with van der Waals surface area (Å²) in [5.41, 5.74) is 2.02. The molecule has 1 aromatic carbocycles. The molecule has 2 N–H and O–H groups in total. The van der Waals surface area contributed by atoms with Crippen LogP contribution in [-0.2, 0) is 0 Å². The molecular formula is C15H21N5. The molecule has 1 fully saturated rings. The van der Waals surface area contributed by atoms with Crippen molar-refractivity contribution < 1.29 is 0 Å². The molecule has 1 saturated heterocycles. The fraction of sp³-hybridized carbons (Fsp3) is 0.467. The minimum atomic E-state index is 0.944. The van der Waals surface area contributed by atoms with Crippen LogP contribution in [0.15, 0.2) is 30.5 Å². The molecule has 5 nitrogen and oxygen atoms in total. The van der Waals surface area contributed by atoms with Gasteiger partial charge in [-0.05, 0) is 19.0 Å². The summed E-state index contributed by atoms with van der Waals surface area (Å²) in [6.07, 6.45) is 2.96. The smallest absolute Gasteiger partial charge is 0.0950 e. The van der Waals surface area contributed by atoms with Crippen LogP contribution in [0.2, 0.25) is 0 Å². The number of rotatable bonds is 5. The van der Waals surface area contributed by atoms with Gasteiger partial charge in [0.2, 0.25) is 0 Å². The Kier molecular flexibility index (Phi) is 4.40. The van der Waals surface area contributed by atoms with Crippen LogP contribution in [-0.4, -0.2) is 54.4 Å². The van der Waals surface area contributed by atoms with E-state index >= 15 is 0 Å². The maximum Gasteiger partial charge on any atom is 0.0950 e. The minimum absolute atomic E-state index is 0.944. The van der Waals surface area contributed by atoms with E-state index in [4.69, 9.17) is 0 Å². The highest BCUT2D eigenvalue weighted by Gasteiger charge is 2.08. The highest BCUT2D eigenvalue weighted by Crippen LogP contribution is 2.19. The van der Waals surface area contributed by atoms with Crippen LogP contribution in [0.4, 0.5) is 5.69 Å². The lowest BCUT2D eigenvalue weighted by atomic mass is 10.2. The van der Waals surface area contributed by atoms with E-state index < -0.39 is 0 Å². The molecule has 0 radical (unpaired) electrons. The number of hydrogen-bond donors (Lipinski definition) is 2. The average Bonchev–Trinajstić information content (AvgIpc) is 2.53. The summed E-state index contributed by atoms with van der Waals surface area (Å²) in [6.45, 7) is 6.70. The van der Waals surface area contributed by atoms with Crippen LogP contribution in [0.3, 0.4) is 0 Å². The highest BCUT2D eigenvalue weighted by atomic mass is 15.2. The van der Waals surface area contributed by atoms with Gasteiger partial charge in [-0.15, -0.1) is 0 Å². The SMILES string of the molecule is c1ccc2c(NCCCN3CCNCC3)cnnc2c1. The molecule has 2 aromatic rings. The summed E-state index contributed by atoms with van der Waals surface area (Å²) in [5, 5.41) is 16.2. The molecule has 0 spiro atoms. The molecule has 1 aromatic heterocycles. The summed E-state index contributed by atoms with van der Waals surface area (Å²) in [4.78, 5) is 2.51. The zero-order valence-corrected chi connectivity index (χ0v) is 11.7. The fourth-order valence-corrected chi connectivity index (χ4v) is 2.61. The molecule has 0 saturated carbocycles. The summed E-state index contributed by atoms with van der Waals surface area (Å²) in [6, 6.07) is 8.11. The minimum Gasteiger partial charge on any atom is -0.383 e. The monoisotopic (exact) mass is 271 g/mol. The Hall–Kier alpha value is -1.72. The number of anilines is 1. The van der Waals surface area contributed by atoms with Gasteiger partial charge in [0.25, 0.3) is 0 Å². The molecular weight excluding hydrogens is 250 g/mol. The van der Waals surface area contributed by atoms with Crippen molar-refractivity contribution in [3.05, 3.63) is 30.5 Å². The van der Waals surface area contributed by atoms with Crippen molar-refractivity contribution in [3.63, 3.8) is 0 Å². The van der Waals surface area contributed by atoms with Gasteiger partial charge in [0.15, 0.2) is 0 Å². The van der Waals surface area contributed by atoms with Gasteiger partial charge in [-0.1, -0.05) is 18.2 Å². The molecule has 0 bridgehead atoms. The summed E-state index contributed by atoms with van der Waals surface area (Å²) >= 11 is 0. The van der Waals surface area contributed by atoms with E-state index in [0.29, 0.717) is 0 Å². The number of benzene rings is 1. The number of aromatic nitrogens is 2. The van der Waals surface area contributed by atoms with Gasteiger partial charge < -0.3 is 15.5 Å². The third-order valence-electron chi connectivity index (χ3n) is 3.72. The molecule has 0 unspecified atom stereocenters. The molecule has 0 atom stereocenters. The van der Waals surface area contributed by atoms with Crippen LogP contribution >= 0.6 is 0 Å². The number of nitrogens with zero attached hydrogens (tertiary/aromatic N) is 3. The van der Waals surface area contributed by atoms with E-state index in [1.54, 1.807) is 0 Å². The second-order valence-corrected chi connectivity index (χ2v) is 5.15. The van der Waals surface area contributed by atoms with E-state index in [1.807, 2.05) is 24.4 Å². The number of piperazine rings is 1. The second kappa shape index (κ2) is 6.63. The van der Waals surface area contributed by atoms with Crippen LogP contribution in [0, 0.1) is 0 Å². The van der Waals surface area contributed by atoms with Crippen molar-refractivity contribution in [3.8, 4) is 0 Å². The molecule has 1 aliphatic rings. The molecule has 1 aliphatic heterocycles. The Morgan fingerprint density at radius 2 is 2.05 bits per heavy atom. The molecule has 20 heavy (non-hydrogen) atoms. The summed E-state index contributed by atoms with van der Waals surface area (Å²) < 4.78 is 0. The Labute approximate surface area is 119 Å². The molecule has 5 heteroatoms. The quantitative estimate of drug-likeness (QED) is 0.804. The molecule has 0 aliphatic carbocycles. The Morgan fingerprint density at radius 3 is 2.95 bits per heavy atom. The van der Waals surface area contributed by atoms with Gasteiger partial charge in [-0.2, -0.15) is 10.2 Å². The lowest BCUT2D eigenvalue weighted by Gasteiger charge is -2.27. The first-order chi connectivity index (χ1) is 9.93. The van der Waals surface area contributed by atoms with Crippen LogP contribution in [0.1, 0.15) is 6.42 Å². The molecule has 106 valence electrons. The molecule has 0 amide bonds. The van der Waals surface area contributed by atoms with E-state index in [1.165, 1.54) is 13.1 Å². The Morgan fingerprint density at radius 1 is 1.20 bits per heavy atom. The maximum absolute atomic E-state index is 4.14. The normalized spacial score (nSPS) is 16.4. The third-order valence-corrected chi connectivity index (χ3v) is 3.72. The lowest BCUT2D eigenvalue weighted by molar-refractivity contribution is 0.240. The summed E-state index contributed by atoms with van der Waals surface area (Å²) in [7, 11) is 0. The van der Waals surface area contributed by atoms with Gasteiger partial charge in [0, 0.05) is 38.1 Å². The van der Waals surface area contributed by atoms with Crippen molar-refractivity contribution in [1.29, 1.82) is 0 Å². The van der Waals surface area contributed by atoms with Crippen LogP contribution in [0.25, 0.3) is 10.9 Å². The van der Waals surface area contributed by atoms with Gasteiger partial charge in [0.1, 0.15) is 0 Å². The number of nitrogens with one attached hydrogen (secondary N) is 2. The van der Waals surface area contributed by atoms with Crippen molar-refractivity contribution in [2.75, 3.05) is 44.6 Å². The highest BCUT2D eigenvalue weighted by molar-refractivity contribution is 5.90. The zero-order chi connectivity index (χ0) is 13.6. The fourth-order valence-electron chi connectivity index (χ4n) is 2.61. The zero-order valence-electron chi connectivity index (χ0n) is 11.7. The van der Waals surface area contributed by atoms with Gasteiger partial charge in [0.05, 0.1) is 17.4 Å².